The van der Waals surface area contributed by atoms with Crippen molar-refractivity contribution in [1.82, 2.24) is 4.90 Å². The average Bonchev–Trinajstić information content (AvgIpc) is 3.25. The minimum absolute atomic E-state index is 0.193. The van der Waals surface area contributed by atoms with Crippen molar-refractivity contribution in [1.29, 1.82) is 0 Å². The number of methoxy groups -OCH3 is 1. The summed E-state index contributed by atoms with van der Waals surface area (Å²) in [5.41, 5.74) is 7.15. The zero-order valence-electron chi connectivity index (χ0n) is 21.5. The predicted molar refractivity (Wildman–Crippen MR) is 143 cm³/mol. The molecule has 196 valence electrons. The van der Waals surface area contributed by atoms with Gasteiger partial charge >= 0.3 is 0 Å². The molecule has 7 nitrogen and oxygen atoms in total. The van der Waals surface area contributed by atoms with Crippen LogP contribution < -0.4 is 10.5 Å². The number of nitrogens with two attached hydrogens (primary N) is 1. The molecular formula is C30H36N2O5. The third-order valence-corrected chi connectivity index (χ3v) is 6.99. The summed E-state index contributed by atoms with van der Waals surface area (Å²) in [5, 5.41) is 22.4. The Kier molecular flexibility index (Phi) is 8.61. The van der Waals surface area contributed by atoms with E-state index in [1.165, 1.54) is 0 Å². The first kappa shape index (κ1) is 26.8. The van der Waals surface area contributed by atoms with E-state index in [1.807, 2.05) is 61.5 Å². The number of ether oxygens (including phenoxy) is 2. The summed E-state index contributed by atoms with van der Waals surface area (Å²) in [6, 6.07) is 21.8. The smallest absolute Gasteiger partial charge is 0.254 e. The van der Waals surface area contributed by atoms with Crippen LogP contribution in [-0.4, -0.2) is 60.0 Å². The van der Waals surface area contributed by atoms with Crippen LogP contribution in [0.5, 0.6) is 11.5 Å². The molecular weight excluding hydrogens is 468 g/mol. The van der Waals surface area contributed by atoms with Gasteiger partial charge < -0.3 is 30.3 Å². The molecule has 37 heavy (non-hydrogen) atoms. The first-order valence-corrected chi connectivity index (χ1v) is 12.7. The van der Waals surface area contributed by atoms with Gasteiger partial charge in [0.15, 0.2) is 0 Å². The Hall–Kier alpha value is -3.23. The van der Waals surface area contributed by atoms with Crippen molar-refractivity contribution in [3.8, 4) is 11.5 Å². The first-order valence-electron chi connectivity index (χ1n) is 12.7. The second-order valence-corrected chi connectivity index (χ2v) is 9.70. The van der Waals surface area contributed by atoms with E-state index in [0.717, 1.165) is 12.0 Å². The summed E-state index contributed by atoms with van der Waals surface area (Å²) < 4.78 is 11.5. The molecule has 0 aromatic heterocycles. The van der Waals surface area contributed by atoms with Gasteiger partial charge in [0.2, 0.25) is 0 Å². The summed E-state index contributed by atoms with van der Waals surface area (Å²) in [5.74, 6) is 1.04. The van der Waals surface area contributed by atoms with Crippen molar-refractivity contribution >= 4 is 5.91 Å². The maximum atomic E-state index is 13.2. The zero-order chi connectivity index (χ0) is 26.4. The average molecular weight is 505 g/mol. The first-order chi connectivity index (χ1) is 17.8. The molecule has 0 saturated carbocycles. The predicted octanol–water partition coefficient (Wildman–Crippen LogP) is 3.98. The van der Waals surface area contributed by atoms with Gasteiger partial charge in [0.25, 0.3) is 5.91 Å². The number of hydrogen-bond acceptors (Lipinski definition) is 6. The Bertz CT molecular complexity index is 1210. The third kappa shape index (κ3) is 6.02. The Morgan fingerprint density at radius 2 is 1.76 bits per heavy atom. The number of nitrogens with zero attached hydrogens (tertiary/aromatic N) is 1. The van der Waals surface area contributed by atoms with Crippen LogP contribution in [0.2, 0.25) is 0 Å². The van der Waals surface area contributed by atoms with Crippen LogP contribution in [0.4, 0.5) is 0 Å². The third-order valence-electron chi connectivity index (χ3n) is 6.99. The van der Waals surface area contributed by atoms with Crippen LogP contribution in [0.3, 0.4) is 0 Å². The summed E-state index contributed by atoms with van der Waals surface area (Å²) in [4.78, 5) is 14.8. The highest BCUT2D eigenvalue weighted by atomic mass is 16.5. The fourth-order valence-electron chi connectivity index (χ4n) is 4.82. The van der Waals surface area contributed by atoms with Gasteiger partial charge in [-0.1, -0.05) is 48.5 Å². The van der Waals surface area contributed by atoms with Crippen LogP contribution in [0, 0.1) is 6.92 Å². The highest BCUT2D eigenvalue weighted by molar-refractivity contribution is 5.94. The minimum atomic E-state index is -1.41. The van der Waals surface area contributed by atoms with Gasteiger partial charge in [-0.2, -0.15) is 0 Å². The van der Waals surface area contributed by atoms with Crippen molar-refractivity contribution < 1.29 is 24.5 Å². The van der Waals surface area contributed by atoms with E-state index in [0.29, 0.717) is 54.2 Å². The molecule has 0 bridgehead atoms. The minimum Gasteiger partial charge on any atom is -0.457 e. The quantitative estimate of drug-likeness (QED) is 0.361. The van der Waals surface area contributed by atoms with Crippen LogP contribution in [0.25, 0.3) is 0 Å². The number of rotatable bonds is 10. The number of aryl methyl sites for hydroxylation is 1. The molecule has 1 saturated heterocycles. The van der Waals surface area contributed by atoms with Crippen LogP contribution in [0.15, 0.2) is 72.8 Å². The number of aliphatic hydroxyl groups is 2. The molecule has 1 unspecified atom stereocenters. The Balaban J connectivity index is 1.72. The molecule has 1 aliphatic rings. The normalized spacial score (nSPS) is 19.0. The van der Waals surface area contributed by atoms with Crippen LogP contribution >= 0.6 is 0 Å². The standard InChI is InChI=1S/C30H36N2O5/c1-21-10-3-5-14-27(21)37-28-15-6-4-13-24(28)30(35,16-7-8-17-36-2)23-12-9-11-22(18-23)29(34)32-19-25(31)26(33)20-32/h3-6,9-15,18,25-26,33,35H,7-8,16-17,19-20,31H2,1-2H3/t25-,26+,30?/m1/s1. The number of para-hydroxylation sites is 2. The van der Waals surface area contributed by atoms with Crippen molar-refractivity contribution in [2.45, 2.75) is 43.9 Å². The molecule has 3 aromatic carbocycles. The van der Waals surface area contributed by atoms with E-state index >= 15 is 0 Å². The van der Waals surface area contributed by atoms with Gasteiger partial charge in [-0.3, -0.25) is 4.79 Å². The maximum Gasteiger partial charge on any atom is 0.254 e. The number of unbranched alkanes of at least 4 members (excludes halogenated alkanes) is 1. The lowest BCUT2D eigenvalue weighted by molar-refractivity contribution is 0.0627. The Morgan fingerprint density at radius 3 is 2.46 bits per heavy atom. The topological polar surface area (TPSA) is 105 Å². The fourth-order valence-corrected chi connectivity index (χ4v) is 4.82. The van der Waals surface area contributed by atoms with Crippen molar-refractivity contribution in [2.24, 2.45) is 5.73 Å². The fraction of sp³-hybridized carbons (Fsp3) is 0.367. The van der Waals surface area contributed by atoms with Crippen molar-refractivity contribution in [3.63, 3.8) is 0 Å². The Morgan fingerprint density at radius 1 is 1.03 bits per heavy atom. The highest BCUT2D eigenvalue weighted by Gasteiger charge is 2.36. The maximum absolute atomic E-state index is 13.2. The number of β-amino-alcohol motifs (C(OH)–C–C–N with tert-alkyl or cyclic N) is 1. The van der Waals surface area contributed by atoms with E-state index in [-0.39, 0.29) is 12.5 Å². The lowest BCUT2D eigenvalue weighted by Gasteiger charge is -2.32. The van der Waals surface area contributed by atoms with Gasteiger partial charge in [-0.25, -0.2) is 0 Å². The van der Waals surface area contributed by atoms with Crippen LogP contribution in [-0.2, 0) is 10.3 Å². The molecule has 3 aromatic rings. The van der Waals surface area contributed by atoms with E-state index in [4.69, 9.17) is 15.2 Å². The molecule has 3 atom stereocenters. The number of likely N-dealkylation sites (tertiary alicyclic amines) is 1. The lowest BCUT2D eigenvalue weighted by Crippen LogP contribution is -2.33. The molecule has 1 amide bonds. The Labute approximate surface area is 218 Å². The molecule has 1 aliphatic heterocycles. The second kappa shape index (κ2) is 11.9. The number of benzene rings is 3. The molecule has 1 heterocycles. The van der Waals surface area contributed by atoms with Gasteiger partial charge in [-0.15, -0.1) is 0 Å². The number of carbonyl (C=O) groups excluding carboxylic acids is 1. The van der Waals surface area contributed by atoms with Gasteiger partial charge in [-0.05, 0) is 61.6 Å². The molecule has 1 fully saturated rings. The van der Waals surface area contributed by atoms with Crippen molar-refractivity contribution in [3.05, 3.63) is 95.1 Å². The lowest BCUT2D eigenvalue weighted by atomic mass is 9.81. The van der Waals surface area contributed by atoms with Crippen LogP contribution in [0.1, 0.15) is 46.3 Å². The second-order valence-electron chi connectivity index (χ2n) is 9.70. The van der Waals surface area contributed by atoms with E-state index in [1.54, 1.807) is 30.2 Å². The number of aliphatic hydroxyl groups excluding tert-OH is 1. The van der Waals surface area contributed by atoms with Gasteiger partial charge in [0.05, 0.1) is 6.10 Å². The highest BCUT2D eigenvalue weighted by Crippen LogP contribution is 2.41. The van der Waals surface area contributed by atoms with Gasteiger partial charge in [0, 0.05) is 44.0 Å². The SMILES string of the molecule is COCCCCC(O)(c1cccc(C(=O)N2C[C@@H](N)[C@@H](O)C2)c1)c1ccccc1Oc1ccccc1C. The number of hydrogen-bond donors (Lipinski definition) is 3. The molecule has 4 N–H and O–H groups in total. The molecule has 0 radical (unpaired) electrons. The molecule has 7 heteroatoms. The summed E-state index contributed by atoms with van der Waals surface area (Å²) in [7, 11) is 1.66. The van der Waals surface area contributed by atoms with E-state index in [9.17, 15) is 15.0 Å². The molecule has 4 rings (SSSR count). The monoisotopic (exact) mass is 504 g/mol. The van der Waals surface area contributed by atoms with Crippen molar-refractivity contribution in [2.75, 3.05) is 26.8 Å². The zero-order valence-corrected chi connectivity index (χ0v) is 21.5. The largest absolute Gasteiger partial charge is 0.457 e. The summed E-state index contributed by atoms with van der Waals surface area (Å²) >= 11 is 0. The molecule has 0 spiro atoms. The van der Waals surface area contributed by atoms with E-state index < -0.39 is 17.7 Å². The molecule has 0 aliphatic carbocycles. The van der Waals surface area contributed by atoms with Gasteiger partial charge in [0.1, 0.15) is 17.1 Å². The number of amides is 1. The summed E-state index contributed by atoms with van der Waals surface area (Å²) in [6.07, 6.45) is 1.15. The summed E-state index contributed by atoms with van der Waals surface area (Å²) in [6.45, 7) is 3.05. The number of carbonyl (C=O) groups is 1. The van der Waals surface area contributed by atoms with E-state index in [2.05, 4.69) is 0 Å².